The van der Waals surface area contributed by atoms with Gasteiger partial charge in [0.25, 0.3) is 0 Å². The lowest BCUT2D eigenvalue weighted by atomic mass is 10.0. The number of carbonyl (C=O) groups excluding carboxylic acids is 3. The van der Waals surface area contributed by atoms with Gasteiger partial charge in [-0.2, -0.15) is 36.3 Å². The van der Waals surface area contributed by atoms with Gasteiger partial charge in [-0.25, -0.2) is 0 Å². The third-order valence-electron chi connectivity index (χ3n) is 4.92. The topological polar surface area (TPSA) is 80.5 Å². The Kier molecular flexibility index (Phi) is 9.01. The van der Waals surface area contributed by atoms with Gasteiger partial charge in [0.05, 0.1) is 12.2 Å². The molecule has 162 valence electrons. The molecule has 2 N–H and O–H groups in total. The molecule has 0 saturated heterocycles. The summed E-state index contributed by atoms with van der Waals surface area (Å²) in [7, 11) is 0. The number of thiophene rings is 1. The first-order valence-electron chi connectivity index (χ1n) is 9.49. The summed E-state index contributed by atoms with van der Waals surface area (Å²) in [6, 6.07) is 1.03. The number of alkyl halides is 3. The number of nitrogens with two attached hydrogens (primary N) is 1. The smallest absolute Gasteiger partial charge is 0.368 e. The van der Waals surface area contributed by atoms with Crippen LogP contribution < -0.4 is 5.73 Å². The van der Waals surface area contributed by atoms with Gasteiger partial charge >= 0.3 is 6.18 Å². The Morgan fingerprint density at radius 2 is 1.97 bits per heavy atom. The molecule has 1 fully saturated rings. The number of ketones is 1. The second-order valence-electron chi connectivity index (χ2n) is 7.08. The molecule has 10 heteroatoms. The fourth-order valence-corrected chi connectivity index (χ4v) is 5.05. The first kappa shape index (κ1) is 23.7. The predicted octanol–water partition coefficient (Wildman–Crippen LogP) is 3.56. The quantitative estimate of drug-likeness (QED) is 0.523. The maximum absolute atomic E-state index is 13.0. The number of hydrogen-bond acceptors (Lipinski definition) is 5. The van der Waals surface area contributed by atoms with Crippen molar-refractivity contribution in [3.05, 3.63) is 22.4 Å². The van der Waals surface area contributed by atoms with Crippen molar-refractivity contribution in [2.24, 2.45) is 5.73 Å². The van der Waals surface area contributed by atoms with Crippen LogP contribution in [0.4, 0.5) is 13.2 Å². The van der Waals surface area contributed by atoms with E-state index in [2.05, 4.69) is 0 Å². The van der Waals surface area contributed by atoms with Crippen LogP contribution in [0.25, 0.3) is 0 Å². The van der Waals surface area contributed by atoms with Crippen LogP contribution in [0.5, 0.6) is 0 Å². The Bertz CT molecular complexity index is 689. The number of halogens is 3. The molecule has 1 aliphatic rings. The summed E-state index contributed by atoms with van der Waals surface area (Å²) in [4.78, 5) is 37.6. The molecule has 0 unspecified atom stereocenters. The van der Waals surface area contributed by atoms with Crippen molar-refractivity contribution in [3.8, 4) is 0 Å². The van der Waals surface area contributed by atoms with E-state index in [0.717, 1.165) is 43.0 Å². The molecule has 0 bridgehead atoms. The normalized spacial score (nSPS) is 16.0. The molecule has 1 atom stereocenters. The maximum atomic E-state index is 13.0. The lowest BCUT2D eigenvalue weighted by molar-refractivity contribution is -0.167. The minimum Gasteiger partial charge on any atom is -0.368 e. The van der Waals surface area contributed by atoms with E-state index >= 15 is 0 Å². The Hall–Kier alpha value is -1.55. The highest BCUT2D eigenvalue weighted by molar-refractivity contribution is 7.99. The summed E-state index contributed by atoms with van der Waals surface area (Å²) < 4.78 is 36.7. The Balaban J connectivity index is 1.96. The van der Waals surface area contributed by atoms with Crippen LogP contribution in [-0.4, -0.2) is 52.3 Å². The third-order valence-corrected chi connectivity index (χ3v) is 6.70. The van der Waals surface area contributed by atoms with Crippen LogP contribution >= 0.6 is 23.1 Å². The average Bonchev–Trinajstić information content (AvgIpc) is 3.33. The van der Waals surface area contributed by atoms with Crippen molar-refractivity contribution in [1.82, 2.24) is 4.90 Å². The third kappa shape index (κ3) is 7.33. The highest BCUT2D eigenvalue weighted by Crippen LogP contribution is 2.28. The van der Waals surface area contributed by atoms with Crippen LogP contribution in [-0.2, 0) is 20.8 Å². The van der Waals surface area contributed by atoms with E-state index in [4.69, 9.17) is 5.73 Å². The van der Waals surface area contributed by atoms with Gasteiger partial charge in [0, 0.05) is 6.04 Å². The average molecular weight is 451 g/mol. The maximum Gasteiger partial charge on any atom is 0.450 e. The summed E-state index contributed by atoms with van der Waals surface area (Å²) in [5.74, 6) is -2.89. The summed E-state index contributed by atoms with van der Waals surface area (Å²) >= 11 is 2.37. The highest BCUT2D eigenvalue weighted by atomic mass is 32.2. The van der Waals surface area contributed by atoms with Crippen molar-refractivity contribution in [1.29, 1.82) is 0 Å². The first-order chi connectivity index (χ1) is 13.7. The van der Waals surface area contributed by atoms with E-state index in [0.29, 0.717) is 6.42 Å². The summed E-state index contributed by atoms with van der Waals surface area (Å²) in [6.07, 6.45) is -0.384. The van der Waals surface area contributed by atoms with Crippen molar-refractivity contribution < 1.29 is 27.6 Å². The van der Waals surface area contributed by atoms with Crippen molar-refractivity contribution >= 4 is 40.7 Å². The van der Waals surface area contributed by atoms with E-state index in [1.807, 2.05) is 16.8 Å². The van der Waals surface area contributed by atoms with Crippen LogP contribution in [0, 0.1) is 0 Å². The minimum atomic E-state index is -4.82. The molecule has 2 amide bonds. The molecular weight excluding hydrogens is 425 g/mol. The Morgan fingerprint density at radius 1 is 1.28 bits per heavy atom. The van der Waals surface area contributed by atoms with Crippen LogP contribution in [0.15, 0.2) is 16.8 Å². The van der Waals surface area contributed by atoms with E-state index in [-0.39, 0.29) is 30.5 Å². The van der Waals surface area contributed by atoms with Crippen molar-refractivity contribution in [2.45, 2.75) is 63.2 Å². The van der Waals surface area contributed by atoms with Gasteiger partial charge < -0.3 is 10.6 Å². The summed E-state index contributed by atoms with van der Waals surface area (Å²) in [5, 5.41) is 3.77. The van der Waals surface area contributed by atoms with Crippen LogP contribution in [0.2, 0.25) is 0 Å². The lowest BCUT2D eigenvalue weighted by Crippen LogP contribution is -2.52. The molecule has 0 spiro atoms. The molecule has 5 nitrogen and oxygen atoms in total. The van der Waals surface area contributed by atoms with Gasteiger partial charge in [0.15, 0.2) is 0 Å². The monoisotopic (exact) mass is 450 g/mol. The summed E-state index contributed by atoms with van der Waals surface area (Å²) in [6.45, 7) is 0. The zero-order valence-corrected chi connectivity index (χ0v) is 17.6. The molecule has 29 heavy (non-hydrogen) atoms. The zero-order valence-electron chi connectivity index (χ0n) is 16.0. The molecule has 0 radical (unpaired) electrons. The lowest BCUT2D eigenvalue weighted by Gasteiger charge is -2.35. The molecule has 1 aliphatic carbocycles. The molecule has 1 heterocycles. The number of carbonyl (C=O) groups is 3. The largest absolute Gasteiger partial charge is 0.450 e. The molecule has 2 rings (SSSR count). The highest BCUT2D eigenvalue weighted by Gasteiger charge is 2.38. The zero-order chi connectivity index (χ0) is 21.4. The fraction of sp³-hybridized carbons (Fsp3) is 0.632. The van der Waals surface area contributed by atoms with Crippen LogP contribution in [0.1, 0.15) is 44.1 Å². The molecule has 1 saturated carbocycles. The Morgan fingerprint density at radius 3 is 2.52 bits per heavy atom. The van der Waals surface area contributed by atoms with Gasteiger partial charge in [0.1, 0.15) is 6.04 Å². The van der Waals surface area contributed by atoms with Gasteiger partial charge in [0.2, 0.25) is 17.6 Å². The molecular formula is C19H25F3N2O3S2. The molecule has 1 aromatic heterocycles. The number of Topliss-reactive ketones (excluding diaryl/α,β-unsaturated/α-hetero) is 1. The second kappa shape index (κ2) is 11.0. The number of amides is 2. The SMILES string of the molecule is NC(=O)[C@H](CCCSCC(=O)C(F)(F)F)N(C(=O)Cc1ccsc1)C1CCCC1. The van der Waals surface area contributed by atoms with Gasteiger partial charge in [-0.3, -0.25) is 14.4 Å². The molecule has 0 aliphatic heterocycles. The number of primary amides is 1. The molecule has 0 aromatic carbocycles. The summed E-state index contributed by atoms with van der Waals surface area (Å²) in [5.41, 5.74) is 6.48. The Labute approximate surface area is 176 Å². The second-order valence-corrected chi connectivity index (χ2v) is 8.97. The van der Waals surface area contributed by atoms with E-state index in [1.165, 1.54) is 11.3 Å². The van der Waals surface area contributed by atoms with Gasteiger partial charge in [-0.1, -0.05) is 12.8 Å². The molecule has 1 aromatic rings. The number of thioether (sulfide) groups is 1. The van der Waals surface area contributed by atoms with E-state index in [9.17, 15) is 27.6 Å². The van der Waals surface area contributed by atoms with E-state index in [1.54, 1.807) is 4.90 Å². The van der Waals surface area contributed by atoms with E-state index < -0.39 is 29.7 Å². The van der Waals surface area contributed by atoms with Crippen molar-refractivity contribution in [2.75, 3.05) is 11.5 Å². The first-order valence-corrected chi connectivity index (χ1v) is 11.6. The predicted molar refractivity (Wildman–Crippen MR) is 108 cm³/mol. The standard InChI is InChI=1S/C19H25F3N2O3S2/c20-19(21,22)16(25)12-28-8-3-6-15(18(23)27)24(14-4-1-2-5-14)17(26)10-13-7-9-29-11-13/h7,9,11,14-15H,1-6,8,10,12H2,(H2,23,27)/t15-/m0/s1. The van der Waals surface area contributed by atoms with Gasteiger partial charge in [-0.15, -0.1) is 0 Å². The van der Waals surface area contributed by atoms with Crippen molar-refractivity contribution in [3.63, 3.8) is 0 Å². The van der Waals surface area contributed by atoms with Gasteiger partial charge in [-0.05, 0) is 53.8 Å². The number of nitrogens with zero attached hydrogens (tertiary/aromatic N) is 1. The minimum absolute atomic E-state index is 0.0434. The van der Waals surface area contributed by atoms with Crippen LogP contribution in [0.3, 0.4) is 0 Å². The fourth-order valence-electron chi connectivity index (χ4n) is 3.52. The number of hydrogen-bond donors (Lipinski definition) is 1. The number of rotatable bonds is 11.